The summed E-state index contributed by atoms with van der Waals surface area (Å²) in [5, 5.41) is 5.86. The summed E-state index contributed by atoms with van der Waals surface area (Å²) in [6, 6.07) is 26.3. The Morgan fingerprint density at radius 1 is 0.853 bits per heavy atom. The van der Waals surface area contributed by atoms with Crippen molar-refractivity contribution in [2.75, 3.05) is 17.7 Å². The summed E-state index contributed by atoms with van der Waals surface area (Å²) in [6.45, 7) is 1.61. The van der Waals surface area contributed by atoms with Gasteiger partial charge in [-0.25, -0.2) is 4.98 Å². The SMILES string of the molecule is CC#CC(=O)Nc1cccc(Oc2ccnc(NC)c2-c2ccc(Oc3ccccc3)cc2)c1. The van der Waals surface area contributed by atoms with Crippen LogP contribution < -0.4 is 20.1 Å². The number of carbonyl (C=O) groups excluding carboxylic acids is 1. The Bertz CT molecular complexity index is 1340. The quantitative estimate of drug-likeness (QED) is 0.322. The minimum absolute atomic E-state index is 0.375. The van der Waals surface area contributed by atoms with Gasteiger partial charge in [0.2, 0.25) is 0 Å². The molecule has 0 spiro atoms. The lowest BCUT2D eigenvalue weighted by Crippen LogP contribution is -2.08. The smallest absolute Gasteiger partial charge is 0.300 e. The minimum atomic E-state index is -0.375. The molecule has 1 aromatic heterocycles. The standard InChI is InChI=1S/C28H23N3O3/c1-3-8-26(32)31-21-9-7-12-24(19-21)34-25-17-18-30-28(29-2)27(25)20-13-15-23(16-14-20)33-22-10-5-4-6-11-22/h4-7,9-19H,1-2H3,(H,29,30)(H,31,32). The molecule has 34 heavy (non-hydrogen) atoms. The van der Waals surface area contributed by atoms with Gasteiger partial charge < -0.3 is 20.1 Å². The van der Waals surface area contributed by atoms with E-state index in [0.29, 0.717) is 23.0 Å². The predicted molar refractivity (Wildman–Crippen MR) is 134 cm³/mol. The highest BCUT2D eigenvalue weighted by Crippen LogP contribution is 2.39. The van der Waals surface area contributed by atoms with E-state index in [2.05, 4.69) is 27.5 Å². The van der Waals surface area contributed by atoms with E-state index in [1.165, 1.54) is 0 Å². The van der Waals surface area contributed by atoms with Crippen LogP contribution in [0.15, 0.2) is 91.1 Å². The van der Waals surface area contributed by atoms with Crippen LogP contribution in [0.3, 0.4) is 0 Å². The van der Waals surface area contributed by atoms with Crippen LogP contribution in [0.2, 0.25) is 0 Å². The average Bonchev–Trinajstić information content (AvgIpc) is 2.85. The van der Waals surface area contributed by atoms with Crippen LogP contribution in [-0.4, -0.2) is 17.9 Å². The number of carbonyl (C=O) groups is 1. The maximum Gasteiger partial charge on any atom is 0.300 e. The lowest BCUT2D eigenvalue weighted by Gasteiger charge is -2.16. The molecule has 0 atom stereocenters. The normalized spacial score (nSPS) is 9.94. The summed E-state index contributed by atoms with van der Waals surface area (Å²) in [5.74, 6) is 8.03. The molecule has 6 nitrogen and oxygen atoms in total. The number of nitrogens with zero attached hydrogens (tertiary/aromatic N) is 1. The van der Waals surface area contributed by atoms with Crippen LogP contribution in [0.25, 0.3) is 11.1 Å². The summed E-state index contributed by atoms with van der Waals surface area (Å²) < 4.78 is 12.1. The van der Waals surface area contributed by atoms with Gasteiger partial charge in [0.1, 0.15) is 28.8 Å². The van der Waals surface area contributed by atoms with Crippen LogP contribution in [0, 0.1) is 11.8 Å². The first-order valence-corrected chi connectivity index (χ1v) is 10.7. The number of pyridine rings is 1. The van der Waals surface area contributed by atoms with Gasteiger partial charge in [0.25, 0.3) is 5.91 Å². The maximum absolute atomic E-state index is 11.8. The van der Waals surface area contributed by atoms with E-state index in [9.17, 15) is 4.79 Å². The Hall–Kier alpha value is -4.76. The molecule has 168 valence electrons. The van der Waals surface area contributed by atoms with Crippen molar-refractivity contribution in [1.29, 1.82) is 0 Å². The third kappa shape index (κ3) is 5.53. The predicted octanol–water partition coefficient (Wildman–Crippen LogP) is 6.34. The topological polar surface area (TPSA) is 72.5 Å². The first-order valence-electron chi connectivity index (χ1n) is 10.7. The Labute approximate surface area is 198 Å². The van der Waals surface area contributed by atoms with Crippen LogP contribution in [-0.2, 0) is 4.79 Å². The highest BCUT2D eigenvalue weighted by atomic mass is 16.5. The van der Waals surface area contributed by atoms with Crippen molar-refractivity contribution in [3.63, 3.8) is 0 Å². The molecule has 3 aromatic carbocycles. The maximum atomic E-state index is 11.8. The molecule has 0 radical (unpaired) electrons. The lowest BCUT2D eigenvalue weighted by atomic mass is 10.1. The van der Waals surface area contributed by atoms with Crippen molar-refractivity contribution in [1.82, 2.24) is 4.98 Å². The van der Waals surface area contributed by atoms with Gasteiger partial charge >= 0.3 is 0 Å². The Balaban J connectivity index is 1.61. The van der Waals surface area contributed by atoms with Crippen molar-refractivity contribution in [3.05, 3.63) is 91.1 Å². The third-order valence-electron chi connectivity index (χ3n) is 4.83. The van der Waals surface area contributed by atoms with Gasteiger partial charge in [-0.2, -0.15) is 0 Å². The second-order valence-corrected chi connectivity index (χ2v) is 7.18. The average molecular weight is 450 g/mol. The van der Waals surface area contributed by atoms with E-state index in [0.717, 1.165) is 22.6 Å². The zero-order chi connectivity index (χ0) is 23.8. The van der Waals surface area contributed by atoms with E-state index in [1.807, 2.05) is 67.7 Å². The van der Waals surface area contributed by atoms with Gasteiger partial charge in [-0.3, -0.25) is 4.79 Å². The lowest BCUT2D eigenvalue weighted by molar-refractivity contribution is -0.111. The molecular weight excluding hydrogens is 426 g/mol. The molecule has 0 aliphatic heterocycles. The number of amides is 1. The summed E-state index contributed by atoms with van der Waals surface area (Å²) >= 11 is 0. The largest absolute Gasteiger partial charge is 0.457 e. The zero-order valence-electron chi connectivity index (χ0n) is 18.8. The molecule has 0 aliphatic rings. The number of aromatic nitrogens is 1. The van der Waals surface area contributed by atoms with E-state index >= 15 is 0 Å². The molecule has 1 heterocycles. The number of para-hydroxylation sites is 1. The summed E-state index contributed by atoms with van der Waals surface area (Å²) in [7, 11) is 1.81. The second-order valence-electron chi connectivity index (χ2n) is 7.18. The Kier molecular flexibility index (Phi) is 7.06. The fourth-order valence-electron chi connectivity index (χ4n) is 3.35. The van der Waals surface area contributed by atoms with Crippen LogP contribution in [0.1, 0.15) is 6.92 Å². The van der Waals surface area contributed by atoms with E-state index in [1.54, 1.807) is 37.4 Å². The van der Waals surface area contributed by atoms with Gasteiger partial charge in [0, 0.05) is 25.0 Å². The van der Waals surface area contributed by atoms with Crippen molar-refractivity contribution >= 4 is 17.4 Å². The van der Waals surface area contributed by atoms with Gasteiger partial charge in [-0.1, -0.05) is 42.3 Å². The summed E-state index contributed by atoms with van der Waals surface area (Å²) in [6.07, 6.45) is 1.68. The monoisotopic (exact) mass is 449 g/mol. The number of benzene rings is 3. The van der Waals surface area contributed by atoms with E-state index in [-0.39, 0.29) is 5.91 Å². The fourth-order valence-corrected chi connectivity index (χ4v) is 3.35. The van der Waals surface area contributed by atoms with Crippen LogP contribution in [0.4, 0.5) is 11.5 Å². The summed E-state index contributed by atoms with van der Waals surface area (Å²) in [4.78, 5) is 16.2. The van der Waals surface area contributed by atoms with Crippen LogP contribution in [0.5, 0.6) is 23.0 Å². The molecule has 4 aromatic rings. The molecule has 0 bridgehead atoms. The molecule has 0 unspecified atom stereocenters. The molecular formula is C28H23N3O3. The number of hydrogen-bond acceptors (Lipinski definition) is 5. The molecule has 0 aliphatic carbocycles. The van der Waals surface area contributed by atoms with Gasteiger partial charge in [0.15, 0.2) is 0 Å². The first-order chi connectivity index (χ1) is 16.7. The molecule has 0 saturated heterocycles. The number of hydrogen-bond donors (Lipinski definition) is 2. The number of rotatable bonds is 7. The van der Waals surface area contributed by atoms with Gasteiger partial charge in [0.05, 0.1) is 5.56 Å². The molecule has 0 saturated carbocycles. The van der Waals surface area contributed by atoms with Crippen molar-refractivity contribution in [3.8, 4) is 46.0 Å². The van der Waals surface area contributed by atoms with Gasteiger partial charge in [-0.15, -0.1) is 0 Å². The minimum Gasteiger partial charge on any atom is -0.457 e. The Morgan fingerprint density at radius 2 is 1.59 bits per heavy atom. The van der Waals surface area contributed by atoms with E-state index < -0.39 is 0 Å². The second kappa shape index (κ2) is 10.7. The summed E-state index contributed by atoms with van der Waals surface area (Å²) in [5.41, 5.74) is 2.31. The van der Waals surface area contributed by atoms with Crippen molar-refractivity contribution in [2.45, 2.75) is 6.92 Å². The zero-order valence-corrected chi connectivity index (χ0v) is 18.8. The van der Waals surface area contributed by atoms with Crippen molar-refractivity contribution < 1.29 is 14.3 Å². The molecule has 6 heteroatoms. The molecule has 0 fully saturated rings. The molecule has 4 rings (SSSR count). The van der Waals surface area contributed by atoms with Crippen molar-refractivity contribution in [2.24, 2.45) is 0 Å². The fraction of sp³-hybridized carbons (Fsp3) is 0.0714. The number of nitrogens with one attached hydrogen (secondary N) is 2. The highest BCUT2D eigenvalue weighted by molar-refractivity contribution is 6.04. The van der Waals surface area contributed by atoms with Gasteiger partial charge in [-0.05, 0) is 60.9 Å². The molecule has 1 amide bonds. The first kappa shape index (κ1) is 22.4. The van der Waals surface area contributed by atoms with Crippen LogP contribution >= 0.6 is 0 Å². The van der Waals surface area contributed by atoms with E-state index in [4.69, 9.17) is 9.47 Å². The number of ether oxygens (including phenoxy) is 2. The highest BCUT2D eigenvalue weighted by Gasteiger charge is 2.14. The number of anilines is 2. The molecule has 2 N–H and O–H groups in total. The third-order valence-corrected chi connectivity index (χ3v) is 4.83. The Morgan fingerprint density at radius 3 is 2.32 bits per heavy atom.